The summed E-state index contributed by atoms with van der Waals surface area (Å²) in [5, 5.41) is 26.5. The zero-order valence-electron chi connectivity index (χ0n) is 11.6. The molecule has 1 heterocycles. The van der Waals surface area contributed by atoms with Crippen molar-refractivity contribution in [2.45, 2.75) is 31.9 Å². The molecule has 0 aliphatic carbocycles. The van der Waals surface area contributed by atoms with Gasteiger partial charge in [-0.05, 0) is 59.9 Å². The molecular weight excluding hydrogens is 270 g/mol. The first kappa shape index (κ1) is 15.0. The maximum absolute atomic E-state index is 9.99. The Bertz CT molecular complexity index is 496. The molecule has 1 aromatic carbocycles. The number of nitrogens with one attached hydrogen (secondary N) is 1. The van der Waals surface area contributed by atoms with Crippen LogP contribution in [0.15, 0.2) is 41.1 Å². The fraction of sp³-hybridized carbons (Fsp3) is 0.375. The molecular formula is C16H21NO2S. The molecule has 108 valence electrons. The van der Waals surface area contributed by atoms with Crippen molar-refractivity contribution < 1.29 is 10.2 Å². The number of phenolic OH excluding ortho intramolecular Hbond substituents is 1. The standard InChI is InChI=1S/C16H21NO2S/c1-12(2-3-13-4-6-15(18)7-5-13)17-10-16(19)14-8-9-20-11-14/h4-9,11-12,16-19H,2-3,10H2,1H3. The lowest BCUT2D eigenvalue weighted by Gasteiger charge is -2.16. The Kier molecular flexibility index (Phi) is 5.59. The van der Waals surface area contributed by atoms with Gasteiger partial charge in [0.1, 0.15) is 5.75 Å². The minimum absolute atomic E-state index is 0.304. The van der Waals surface area contributed by atoms with Crippen molar-refractivity contribution in [1.82, 2.24) is 5.32 Å². The molecule has 0 spiro atoms. The van der Waals surface area contributed by atoms with E-state index in [1.165, 1.54) is 5.56 Å². The maximum Gasteiger partial charge on any atom is 0.115 e. The van der Waals surface area contributed by atoms with Crippen LogP contribution >= 0.6 is 11.3 Å². The Balaban J connectivity index is 1.70. The van der Waals surface area contributed by atoms with Crippen molar-refractivity contribution in [3.63, 3.8) is 0 Å². The van der Waals surface area contributed by atoms with Crippen LogP contribution in [0.3, 0.4) is 0 Å². The van der Waals surface area contributed by atoms with E-state index >= 15 is 0 Å². The molecule has 3 N–H and O–H groups in total. The van der Waals surface area contributed by atoms with Crippen LogP contribution in [0.4, 0.5) is 0 Å². The number of rotatable bonds is 7. The van der Waals surface area contributed by atoms with Crippen molar-refractivity contribution >= 4 is 11.3 Å². The van der Waals surface area contributed by atoms with E-state index < -0.39 is 6.10 Å². The summed E-state index contributed by atoms with van der Waals surface area (Å²) in [4.78, 5) is 0. The Morgan fingerprint density at radius 3 is 2.60 bits per heavy atom. The number of thiophene rings is 1. The van der Waals surface area contributed by atoms with Crippen molar-refractivity contribution in [1.29, 1.82) is 0 Å². The van der Waals surface area contributed by atoms with Gasteiger partial charge in [0, 0.05) is 12.6 Å². The lowest BCUT2D eigenvalue weighted by atomic mass is 10.1. The monoisotopic (exact) mass is 291 g/mol. The van der Waals surface area contributed by atoms with Crippen LogP contribution in [-0.2, 0) is 6.42 Å². The third-order valence-corrected chi connectivity index (χ3v) is 4.09. The van der Waals surface area contributed by atoms with Crippen LogP contribution in [0.5, 0.6) is 5.75 Å². The minimum atomic E-state index is -0.433. The predicted molar refractivity (Wildman–Crippen MR) is 83.2 cm³/mol. The van der Waals surface area contributed by atoms with Crippen LogP contribution in [0, 0.1) is 0 Å². The van der Waals surface area contributed by atoms with E-state index in [1.54, 1.807) is 23.5 Å². The number of aliphatic hydroxyl groups is 1. The Morgan fingerprint density at radius 1 is 1.20 bits per heavy atom. The van der Waals surface area contributed by atoms with Gasteiger partial charge >= 0.3 is 0 Å². The number of aryl methyl sites for hydroxylation is 1. The second-order valence-electron chi connectivity index (χ2n) is 5.09. The number of aliphatic hydroxyl groups excluding tert-OH is 1. The normalized spacial score (nSPS) is 14.1. The van der Waals surface area contributed by atoms with Crippen LogP contribution < -0.4 is 5.32 Å². The van der Waals surface area contributed by atoms with Crippen molar-refractivity contribution in [2.75, 3.05) is 6.54 Å². The second-order valence-corrected chi connectivity index (χ2v) is 5.87. The van der Waals surface area contributed by atoms with Crippen LogP contribution in [0.2, 0.25) is 0 Å². The van der Waals surface area contributed by atoms with Crippen molar-refractivity contribution in [2.24, 2.45) is 0 Å². The van der Waals surface area contributed by atoms with Crippen LogP contribution in [0.25, 0.3) is 0 Å². The van der Waals surface area contributed by atoms with E-state index in [2.05, 4.69) is 12.2 Å². The first-order valence-electron chi connectivity index (χ1n) is 6.86. The van der Waals surface area contributed by atoms with Gasteiger partial charge in [0.05, 0.1) is 6.10 Å². The fourth-order valence-electron chi connectivity index (χ4n) is 2.04. The topological polar surface area (TPSA) is 52.5 Å². The summed E-state index contributed by atoms with van der Waals surface area (Å²) < 4.78 is 0. The molecule has 0 bridgehead atoms. The van der Waals surface area contributed by atoms with Gasteiger partial charge in [-0.25, -0.2) is 0 Å². The smallest absolute Gasteiger partial charge is 0.115 e. The van der Waals surface area contributed by atoms with Crippen LogP contribution in [0.1, 0.15) is 30.6 Å². The number of phenols is 1. The summed E-state index contributed by atoms with van der Waals surface area (Å²) in [5.74, 6) is 0.304. The Hall–Kier alpha value is -1.36. The summed E-state index contributed by atoms with van der Waals surface area (Å²) in [6.07, 6.45) is 1.53. The number of hydrogen-bond donors (Lipinski definition) is 3. The van der Waals surface area contributed by atoms with Gasteiger partial charge in [-0.1, -0.05) is 12.1 Å². The average Bonchev–Trinajstić information content (AvgIpc) is 2.98. The third-order valence-electron chi connectivity index (χ3n) is 3.39. The highest BCUT2D eigenvalue weighted by Crippen LogP contribution is 2.16. The number of hydrogen-bond acceptors (Lipinski definition) is 4. The maximum atomic E-state index is 9.99. The van der Waals surface area contributed by atoms with E-state index in [0.29, 0.717) is 18.3 Å². The second kappa shape index (κ2) is 7.43. The highest BCUT2D eigenvalue weighted by Gasteiger charge is 2.09. The van der Waals surface area contributed by atoms with E-state index in [1.807, 2.05) is 29.0 Å². The average molecular weight is 291 g/mol. The minimum Gasteiger partial charge on any atom is -0.508 e. The largest absolute Gasteiger partial charge is 0.508 e. The Labute approximate surface area is 123 Å². The van der Waals surface area contributed by atoms with Crippen LogP contribution in [-0.4, -0.2) is 22.8 Å². The first-order valence-corrected chi connectivity index (χ1v) is 7.81. The molecule has 0 saturated carbocycles. The zero-order valence-corrected chi connectivity index (χ0v) is 12.4. The third kappa shape index (κ3) is 4.63. The van der Waals surface area contributed by atoms with E-state index in [0.717, 1.165) is 18.4 Å². The molecule has 1 aromatic heterocycles. The van der Waals surface area contributed by atoms with Gasteiger partial charge in [0.25, 0.3) is 0 Å². The van der Waals surface area contributed by atoms with Gasteiger partial charge in [0.2, 0.25) is 0 Å². The molecule has 0 amide bonds. The SMILES string of the molecule is CC(CCc1ccc(O)cc1)NCC(O)c1ccsc1. The van der Waals surface area contributed by atoms with E-state index in [9.17, 15) is 10.2 Å². The highest BCUT2D eigenvalue weighted by molar-refractivity contribution is 7.07. The highest BCUT2D eigenvalue weighted by atomic mass is 32.1. The molecule has 20 heavy (non-hydrogen) atoms. The van der Waals surface area contributed by atoms with Gasteiger partial charge < -0.3 is 15.5 Å². The molecule has 3 nitrogen and oxygen atoms in total. The Morgan fingerprint density at radius 2 is 1.95 bits per heavy atom. The van der Waals surface area contributed by atoms with Gasteiger partial charge in [0.15, 0.2) is 0 Å². The van der Waals surface area contributed by atoms with Gasteiger partial charge in [-0.3, -0.25) is 0 Å². The molecule has 2 aromatic rings. The number of aromatic hydroxyl groups is 1. The summed E-state index contributed by atoms with van der Waals surface area (Å²) in [7, 11) is 0. The molecule has 0 saturated heterocycles. The van der Waals surface area contributed by atoms with E-state index in [4.69, 9.17) is 0 Å². The summed E-state index contributed by atoms with van der Waals surface area (Å²) in [6, 6.07) is 9.63. The zero-order chi connectivity index (χ0) is 14.4. The molecule has 4 heteroatoms. The van der Waals surface area contributed by atoms with Gasteiger partial charge in [-0.2, -0.15) is 11.3 Å². The molecule has 0 aliphatic rings. The molecule has 0 radical (unpaired) electrons. The lowest BCUT2D eigenvalue weighted by Crippen LogP contribution is -2.30. The first-order chi connectivity index (χ1) is 9.65. The molecule has 2 unspecified atom stereocenters. The van der Waals surface area contributed by atoms with Crippen molar-refractivity contribution in [3.8, 4) is 5.75 Å². The lowest BCUT2D eigenvalue weighted by molar-refractivity contribution is 0.170. The molecule has 2 atom stereocenters. The van der Waals surface area contributed by atoms with Crippen molar-refractivity contribution in [3.05, 3.63) is 52.2 Å². The number of benzene rings is 1. The fourth-order valence-corrected chi connectivity index (χ4v) is 2.75. The molecule has 0 aliphatic heterocycles. The summed E-state index contributed by atoms with van der Waals surface area (Å²) >= 11 is 1.60. The predicted octanol–water partition coefficient (Wildman–Crippen LogP) is 3.10. The molecule has 2 rings (SSSR count). The van der Waals surface area contributed by atoms with E-state index in [-0.39, 0.29) is 0 Å². The quantitative estimate of drug-likeness (QED) is 0.735. The summed E-state index contributed by atoms with van der Waals surface area (Å²) in [5.41, 5.74) is 2.20. The summed E-state index contributed by atoms with van der Waals surface area (Å²) in [6.45, 7) is 2.70. The van der Waals surface area contributed by atoms with Gasteiger partial charge in [-0.15, -0.1) is 0 Å². The molecule has 0 fully saturated rings.